The van der Waals surface area contributed by atoms with E-state index in [0.717, 1.165) is 25.1 Å². The largest absolute Gasteiger partial charge is 0.376 e. The van der Waals surface area contributed by atoms with Gasteiger partial charge >= 0.3 is 0 Å². The molecule has 1 unspecified atom stereocenters. The molecule has 7 nitrogen and oxygen atoms in total. The summed E-state index contributed by atoms with van der Waals surface area (Å²) in [7, 11) is 1.95. The van der Waals surface area contributed by atoms with Gasteiger partial charge in [0.15, 0.2) is 11.5 Å². The first-order valence-corrected chi connectivity index (χ1v) is 8.08. The molecule has 3 aromatic heterocycles. The molecule has 1 atom stereocenters. The van der Waals surface area contributed by atoms with Crippen LogP contribution in [0.15, 0.2) is 36.7 Å². The molecule has 0 aromatic carbocycles. The summed E-state index contributed by atoms with van der Waals surface area (Å²) < 4.78 is 9.35. The molecular formula is C17H19N5O2. The molecule has 24 heavy (non-hydrogen) atoms. The zero-order valence-electron chi connectivity index (χ0n) is 13.5. The van der Waals surface area contributed by atoms with Gasteiger partial charge in [0.1, 0.15) is 0 Å². The van der Waals surface area contributed by atoms with Crippen LogP contribution >= 0.6 is 0 Å². The van der Waals surface area contributed by atoms with Gasteiger partial charge in [-0.25, -0.2) is 0 Å². The van der Waals surface area contributed by atoms with Crippen molar-refractivity contribution in [1.82, 2.24) is 24.5 Å². The van der Waals surface area contributed by atoms with Crippen LogP contribution in [0.3, 0.4) is 0 Å². The van der Waals surface area contributed by atoms with E-state index in [-0.39, 0.29) is 12.0 Å². The molecule has 4 heterocycles. The number of carbonyl (C=O) groups excluding carboxylic acids is 1. The summed E-state index contributed by atoms with van der Waals surface area (Å²) in [6, 6.07) is 7.50. The molecule has 4 rings (SSSR count). The van der Waals surface area contributed by atoms with Crippen LogP contribution in [0, 0.1) is 0 Å². The van der Waals surface area contributed by atoms with Crippen molar-refractivity contribution in [2.24, 2.45) is 7.05 Å². The fourth-order valence-electron chi connectivity index (χ4n) is 3.01. The maximum Gasteiger partial charge on any atom is 0.252 e. The number of nitrogens with zero attached hydrogens (tertiary/aromatic N) is 4. The number of rotatable bonds is 4. The van der Waals surface area contributed by atoms with Gasteiger partial charge in [-0.05, 0) is 37.1 Å². The lowest BCUT2D eigenvalue weighted by atomic mass is 10.2. The van der Waals surface area contributed by atoms with Gasteiger partial charge in [-0.1, -0.05) is 0 Å². The third kappa shape index (κ3) is 2.67. The van der Waals surface area contributed by atoms with Gasteiger partial charge in [-0.15, -0.1) is 10.2 Å². The van der Waals surface area contributed by atoms with Crippen molar-refractivity contribution in [3.63, 3.8) is 0 Å². The van der Waals surface area contributed by atoms with Crippen molar-refractivity contribution in [3.8, 4) is 11.5 Å². The number of ether oxygens (including phenoxy) is 1. The van der Waals surface area contributed by atoms with E-state index >= 15 is 0 Å². The minimum Gasteiger partial charge on any atom is -0.376 e. The normalized spacial score (nSPS) is 17.5. The molecule has 1 N–H and O–H groups in total. The Hall–Kier alpha value is -2.67. The molecule has 7 heteroatoms. The maximum absolute atomic E-state index is 12.4. The highest BCUT2D eigenvalue weighted by Gasteiger charge is 2.17. The predicted octanol–water partition coefficient (Wildman–Crippen LogP) is 1.64. The van der Waals surface area contributed by atoms with Crippen molar-refractivity contribution in [2.45, 2.75) is 18.9 Å². The summed E-state index contributed by atoms with van der Waals surface area (Å²) in [6.07, 6.45) is 5.93. The number of hydrogen-bond acceptors (Lipinski definition) is 4. The first-order valence-electron chi connectivity index (χ1n) is 8.08. The number of fused-ring (bicyclic) bond motifs is 1. The van der Waals surface area contributed by atoms with E-state index in [9.17, 15) is 4.79 Å². The van der Waals surface area contributed by atoms with Crippen molar-refractivity contribution < 1.29 is 9.53 Å². The third-order valence-corrected chi connectivity index (χ3v) is 4.35. The minimum absolute atomic E-state index is 0.112. The van der Waals surface area contributed by atoms with Crippen molar-refractivity contribution in [2.75, 3.05) is 13.2 Å². The minimum atomic E-state index is -0.112. The van der Waals surface area contributed by atoms with E-state index in [1.165, 1.54) is 0 Å². The fraction of sp³-hybridized carbons (Fsp3) is 0.353. The molecule has 1 aliphatic rings. The molecule has 0 aliphatic carbocycles. The van der Waals surface area contributed by atoms with E-state index in [2.05, 4.69) is 15.5 Å². The highest BCUT2D eigenvalue weighted by atomic mass is 16.5. The zero-order valence-corrected chi connectivity index (χ0v) is 13.5. The topological polar surface area (TPSA) is 73.5 Å². The molecule has 1 amide bonds. The van der Waals surface area contributed by atoms with Crippen LogP contribution in [0.1, 0.15) is 23.2 Å². The lowest BCUT2D eigenvalue weighted by molar-refractivity contribution is 0.0857. The lowest BCUT2D eigenvalue weighted by Gasteiger charge is -2.11. The molecular weight excluding hydrogens is 306 g/mol. The van der Waals surface area contributed by atoms with Gasteiger partial charge in [0, 0.05) is 32.6 Å². The summed E-state index contributed by atoms with van der Waals surface area (Å²) in [6.45, 7) is 1.33. The first kappa shape index (κ1) is 14.9. The van der Waals surface area contributed by atoms with Crippen LogP contribution in [-0.2, 0) is 11.8 Å². The van der Waals surface area contributed by atoms with Crippen LogP contribution < -0.4 is 5.32 Å². The second-order valence-electron chi connectivity index (χ2n) is 6.02. The van der Waals surface area contributed by atoms with Crippen LogP contribution in [0.4, 0.5) is 0 Å². The molecule has 124 valence electrons. The SMILES string of the molecule is Cn1cccc1-c1nnc2ccc(C(=O)NCC3CCCO3)cn12. The molecule has 0 spiro atoms. The average Bonchev–Trinajstić information content (AvgIpc) is 3.32. The van der Waals surface area contributed by atoms with Crippen molar-refractivity contribution in [3.05, 3.63) is 42.2 Å². The summed E-state index contributed by atoms with van der Waals surface area (Å²) in [5.41, 5.74) is 2.23. The fourth-order valence-corrected chi connectivity index (χ4v) is 3.01. The first-order chi connectivity index (χ1) is 11.7. The number of aryl methyl sites for hydroxylation is 1. The van der Waals surface area contributed by atoms with Crippen molar-refractivity contribution in [1.29, 1.82) is 0 Å². The Bertz CT molecular complexity index is 876. The van der Waals surface area contributed by atoms with E-state index in [1.807, 2.05) is 34.3 Å². The van der Waals surface area contributed by atoms with Gasteiger partial charge in [-0.3, -0.25) is 9.20 Å². The Morgan fingerprint density at radius 2 is 2.29 bits per heavy atom. The highest BCUT2D eigenvalue weighted by Crippen LogP contribution is 2.19. The van der Waals surface area contributed by atoms with E-state index in [0.29, 0.717) is 23.6 Å². The third-order valence-electron chi connectivity index (χ3n) is 4.35. The standard InChI is InChI=1S/C17H19N5O2/c1-21-8-2-5-14(21)16-20-19-15-7-6-12(11-22(15)16)17(23)18-10-13-4-3-9-24-13/h2,5-8,11,13H,3-4,9-10H2,1H3,(H,18,23). The molecule has 0 radical (unpaired) electrons. The molecule has 0 saturated carbocycles. The Balaban J connectivity index is 1.60. The van der Waals surface area contributed by atoms with Gasteiger partial charge < -0.3 is 14.6 Å². The lowest BCUT2D eigenvalue weighted by Crippen LogP contribution is -2.31. The average molecular weight is 325 g/mol. The smallest absolute Gasteiger partial charge is 0.252 e. The Labute approximate surface area is 139 Å². The number of hydrogen-bond donors (Lipinski definition) is 1. The van der Waals surface area contributed by atoms with Gasteiger partial charge in [0.25, 0.3) is 5.91 Å². The number of amides is 1. The zero-order chi connectivity index (χ0) is 16.5. The molecule has 1 fully saturated rings. The maximum atomic E-state index is 12.4. The summed E-state index contributed by atoms with van der Waals surface area (Å²) in [4.78, 5) is 12.4. The van der Waals surface area contributed by atoms with E-state index in [4.69, 9.17) is 4.74 Å². The van der Waals surface area contributed by atoms with Gasteiger partial charge in [0.05, 0.1) is 17.4 Å². The predicted molar refractivity (Wildman–Crippen MR) is 88.7 cm³/mol. The Morgan fingerprint density at radius 3 is 3.04 bits per heavy atom. The monoisotopic (exact) mass is 325 g/mol. The van der Waals surface area contributed by atoms with Crippen LogP contribution in [0.5, 0.6) is 0 Å². The van der Waals surface area contributed by atoms with Gasteiger partial charge in [-0.2, -0.15) is 0 Å². The molecule has 0 bridgehead atoms. The van der Waals surface area contributed by atoms with Crippen LogP contribution in [0.2, 0.25) is 0 Å². The summed E-state index contributed by atoms with van der Waals surface area (Å²) in [5, 5.41) is 11.4. The second-order valence-corrected chi connectivity index (χ2v) is 6.02. The Morgan fingerprint density at radius 1 is 1.38 bits per heavy atom. The summed E-state index contributed by atoms with van der Waals surface area (Å²) >= 11 is 0. The van der Waals surface area contributed by atoms with E-state index in [1.54, 1.807) is 18.3 Å². The number of nitrogens with one attached hydrogen (secondary N) is 1. The highest BCUT2D eigenvalue weighted by molar-refractivity contribution is 5.94. The molecule has 3 aromatic rings. The summed E-state index contributed by atoms with van der Waals surface area (Å²) in [5.74, 6) is 0.602. The van der Waals surface area contributed by atoms with Gasteiger partial charge in [0.2, 0.25) is 0 Å². The van der Waals surface area contributed by atoms with Crippen LogP contribution in [0.25, 0.3) is 17.2 Å². The number of aromatic nitrogens is 4. The molecule has 1 saturated heterocycles. The Kier molecular flexibility index (Phi) is 3.78. The number of carbonyl (C=O) groups is 1. The second kappa shape index (κ2) is 6.09. The molecule has 1 aliphatic heterocycles. The quantitative estimate of drug-likeness (QED) is 0.791. The van der Waals surface area contributed by atoms with Crippen molar-refractivity contribution >= 4 is 11.6 Å². The van der Waals surface area contributed by atoms with E-state index < -0.39 is 0 Å². The number of pyridine rings is 1. The van der Waals surface area contributed by atoms with Crippen LogP contribution in [-0.4, -0.2) is 44.3 Å².